The van der Waals surface area contributed by atoms with Crippen molar-refractivity contribution in [2.45, 2.75) is 43.3 Å². The fourth-order valence-corrected chi connectivity index (χ4v) is 6.00. The van der Waals surface area contributed by atoms with E-state index in [9.17, 15) is 13.2 Å². The molecule has 0 spiro atoms. The second kappa shape index (κ2) is 7.46. The summed E-state index contributed by atoms with van der Waals surface area (Å²) in [7, 11) is -3.00. The van der Waals surface area contributed by atoms with Crippen LogP contribution in [0, 0.1) is 0 Å². The number of thioether (sulfide) groups is 1. The number of hydrogen-bond acceptors (Lipinski definition) is 7. The quantitative estimate of drug-likeness (QED) is 0.743. The van der Waals surface area contributed by atoms with Crippen molar-refractivity contribution in [1.82, 2.24) is 20.1 Å². The molecular formula is C15H20N4O3S3. The lowest BCUT2D eigenvalue weighted by Crippen LogP contribution is -2.40. The molecule has 0 saturated carbocycles. The molecule has 2 atom stereocenters. The third-order valence-corrected chi connectivity index (χ3v) is 7.72. The molecule has 0 radical (unpaired) electrons. The van der Waals surface area contributed by atoms with Crippen LogP contribution in [0.5, 0.6) is 0 Å². The van der Waals surface area contributed by atoms with Crippen LogP contribution in [0.2, 0.25) is 0 Å². The molecule has 1 aliphatic rings. The van der Waals surface area contributed by atoms with Crippen LogP contribution in [0.1, 0.15) is 20.3 Å². The second-order valence-corrected chi connectivity index (χ2v) is 10.4. The molecule has 0 unspecified atom stereocenters. The zero-order valence-corrected chi connectivity index (χ0v) is 16.5. The van der Waals surface area contributed by atoms with Crippen molar-refractivity contribution in [2.75, 3.05) is 11.5 Å². The maximum Gasteiger partial charge on any atom is 0.233 e. The Kier molecular flexibility index (Phi) is 5.49. The molecule has 25 heavy (non-hydrogen) atoms. The molecule has 3 rings (SSSR count). The number of nitrogens with one attached hydrogen (secondary N) is 1. The number of sulfone groups is 1. The molecule has 7 nitrogen and oxygen atoms in total. The molecule has 0 bridgehead atoms. The van der Waals surface area contributed by atoms with Crippen molar-refractivity contribution >= 4 is 38.8 Å². The number of carbonyl (C=O) groups is 1. The first kappa shape index (κ1) is 18.4. The first-order chi connectivity index (χ1) is 11.9. The van der Waals surface area contributed by atoms with E-state index in [1.807, 2.05) is 29.0 Å². The number of aromatic nitrogens is 3. The fraction of sp³-hybridized carbons (Fsp3) is 0.533. The maximum absolute atomic E-state index is 12.4. The van der Waals surface area contributed by atoms with Crippen LogP contribution in [-0.2, 0) is 21.2 Å². The Morgan fingerprint density at radius 1 is 1.52 bits per heavy atom. The van der Waals surface area contributed by atoms with E-state index >= 15 is 0 Å². The Morgan fingerprint density at radius 3 is 2.92 bits per heavy atom. The molecular weight excluding hydrogens is 380 g/mol. The first-order valence-corrected chi connectivity index (χ1v) is 11.6. The van der Waals surface area contributed by atoms with Crippen LogP contribution in [0.25, 0.3) is 10.7 Å². The zero-order chi connectivity index (χ0) is 18.0. The van der Waals surface area contributed by atoms with Crippen molar-refractivity contribution in [1.29, 1.82) is 0 Å². The number of nitrogens with zero attached hydrogens (tertiary/aromatic N) is 3. The minimum atomic E-state index is -3.00. The summed E-state index contributed by atoms with van der Waals surface area (Å²) in [6, 6.07) is 3.67. The van der Waals surface area contributed by atoms with Crippen LogP contribution in [-0.4, -0.2) is 51.9 Å². The topological polar surface area (TPSA) is 94.0 Å². The summed E-state index contributed by atoms with van der Waals surface area (Å²) < 4.78 is 25.0. The molecule has 1 aliphatic heterocycles. The van der Waals surface area contributed by atoms with E-state index in [2.05, 4.69) is 15.5 Å². The zero-order valence-electron chi connectivity index (χ0n) is 14.0. The number of hydrogen-bond donors (Lipinski definition) is 1. The molecule has 136 valence electrons. The third-order valence-electron chi connectivity index (χ3n) is 4.00. The van der Waals surface area contributed by atoms with E-state index in [-0.39, 0.29) is 28.7 Å². The van der Waals surface area contributed by atoms with Crippen LogP contribution in [0.3, 0.4) is 0 Å². The van der Waals surface area contributed by atoms with Crippen molar-refractivity contribution < 1.29 is 13.2 Å². The van der Waals surface area contributed by atoms with E-state index < -0.39 is 9.84 Å². The van der Waals surface area contributed by atoms with Crippen LogP contribution >= 0.6 is 23.1 Å². The predicted molar refractivity (Wildman–Crippen MR) is 99.5 cm³/mol. The lowest BCUT2D eigenvalue weighted by atomic mass is 10.2. The third kappa shape index (κ3) is 4.24. The van der Waals surface area contributed by atoms with Gasteiger partial charge in [-0.1, -0.05) is 17.8 Å². The highest BCUT2D eigenvalue weighted by Gasteiger charge is 2.30. The Morgan fingerprint density at radius 2 is 2.32 bits per heavy atom. The molecule has 0 aromatic carbocycles. The van der Waals surface area contributed by atoms with Crippen LogP contribution in [0.4, 0.5) is 0 Å². The molecule has 1 N–H and O–H groups in total. The SMILES string of the molecule is CCn1c(S[C@H](C)C(=O)N[C@H]2CCS(=O)(=O)C2)nnc1-c1cccs1. The largest absolute Gasteiger partial charge is 0.351 e. The van der Waals surface area contributed by atoms with Gasteiger partial charge in [0.1, 0.15) is 0 Å². The Bertz CT molecular complexity index is 846. The first-order valence-electron chi connectivity index (χ1n) is 8.04. The number of carbonyl (C=O) groups excluding carboxylic acids is 1. The van der Waals surface area contributed by atoms with Gasteiger partial charge < -0.3 is 9.88 Å². The standard InChI is InChI=1S/C15H20N4O3S3/c1-3-19-13(12-5-4-7-23-12)17-18-15(19)24-10(2)14(20)16-11-6-8-25(21,22)9-11/h4-5,7,10-11H,3,6,8-9H2,1-2H3,(H,16,20)/t10-,11+/m1/s1. The number of thiophene rings is 1. The van der Waals surface area contributed by atoms with Crippen LogP contribution < -0.4 is 5.32 Å². The fourth-order valence-electron chi connectivity index (χ4n) is 2.69. The average Bonchev–Trinajstić information content (AvgIpc) is 3.26. The summed E-state index contributed by atoms with van der Waals surface area (Å²) in [5, 5.41) is 13.6. The van der Waals surface area contributed by atoms with Gasteiger partial charge in [0.15, 0.2) is 20.8 Å². The van der Waals surface area contributed by atoms with E-state index in [1.54, 1.807) is 18.3 Å². The molecule has 1 saturated heterocycles. The van der Waals surface area contributed by atoms with E-state index in [0.29, 0.717) is 18.1 Å². The summed E-state index contributed by atoms with van der Waals surface area (Å²) in [5.41, 5.74) is 0. The van der Waals surface area contributed by atoms with Crippen molar-refractivity contribution in [3.8, 4) is 10.7 Å². The van der Waals surface area contributed by atoms with Crippen molar-refractivity contribution in [3.05, 3.63) is 17.5 Å². The maximum atomic E-state index is 12.4. The summed E-state index contributed by atoms with van der Waals surface area (Å²) >= 11 is 2.93. The monoisotopic (exact) mass is 400 g/mol. The minimum Gasteiger partial charge on any atom is -0.351 e. The number of amides is 1. The lowest BCUT2D eigenvalue weighted by Gasteiger charge is -2.15. The average molecular weight is 401 g/mol. The molecule has 10 heteroatoms. The van der Waals surface area contributed by atoms with Gasteiger partial charge >= 0.3 is 0 Å². The van der Waals surface area contributed by atoms with Gasteiger partial charge in [0.2, 0.25) is 5.91 Å². The van der Waals surface area contributed by atoms with Crippen molar-refractivity contribution in [2.24, 2.45) is 0 Å². The van der Waals surface area contributed by atoms with E-state index in [1.165, 1.54) is 11.8 Å². The molecule has 2 aromatic heterocycles. The molecule has 3 heterocycles. The summed E-state index contributed by atoms with van der Waals surface area (Å²) in [5.74, 6) is 0.808. The lowest BCUT2D eigenvalue weighted by molar-refractivity contribution is -0.120. The Hall–Kier alpha value is -1.39. The van der Waals surface area contributed by atoms with Gasteiger partial charge in [-0.25, -0.2) is 8.42 Å². The van der Waals surface area contributed by atoms with Gasteiger partial charge in [-0.05, 0) is 31.7 Å². The molecule has 1 amide bonds. The van der Waals surface area contributed by atoms with E-state index in [4.69, 9.17) is 0 Å². The Labute approximate surface area is 155 Å². The highest BCUT2D eigenvalue weighted by molar-refractivity contribution is 8.00. The van der Waals surface area contributed by atoms with Crippen molar-refractivity contribution in [3.63, 3.8) is 0 Å². The summed E-state index contributed by atoms with van der Waals surface area (Å²) in [6.07, 6.45) is 0.485. The summed E-state index contributed by atoms with van der Waals surface area (Å²) in [6.45, 7) is 4.51. The Balaban J connectivity index is 1.66. The highest BCUT2D eigenvalue weighted by atomic mass is 32.2. The van der Waals surface area contributed by atoms with Crippen LogP contribution in [0.15, 0.2) is 22.7 Å². The van der Waals surface area contributed by atoms with Gasteiger partial charge in [-0.3, -0.25) is 4.79 Å². The second-order valence-electron chi connectivity index (χ2n) is 5.90. The number of rotatable bonds is 6. The van der Waals surface area contributed by atoms with E-state index in [0.717, 1.165) is 10.7 Å². The normalized spacial score (nSPS) is 20.5. The molecule has 2 aromatic rings. The minimum absolute atomic E-state index is 0.0315. The van der Waals surface area contributed by atoms with Gasteiger partial charge in [0.25, 0.3) is 0 Å². The molecule has 1 fully saturated rings. The smallest absolute Gasteiger partial charge is 0.233 e. The van der Waals surface area contributed by atoms with Gasteiger partial charge in [0.05, 0.1) is 21.6 Å². The molecule has 0 aliphatic carbocycles. The van der Waals surface area contributed by atoms with Gasteiger partial charge in [0, 0.05) is 12.6 Å². The van der Waals surface area contributed by atoms with Gasteiger partial charge in [-0.15, -0.1) is 21.5 Å². The van der Waals surface area contributed by atoms with Gasteiger partial charge in [-0.2, -0.15) is 0 Å². The predicted octanol–water partition coefficient (Wildman–Crippen LogP) is 1.81. The highest BCUT2D eigenvalue weighted by Crippen LogP contribution is 2.29. The summed E-state index contributed by atoms with van der Waals surface area (Å²) in [4.78, 5) is 13.4.